The van der Waals surface area contributed by atoms with Gasteiger partial charge in [0.05, 0.1) is 0 Å². The maximum absolute atomic E-state index is 12.2. The number of piperidine rings is 1. The molecule has 1 aliphatic carbocycles. The fourth-order valence-corrected chi connectivity index (χ4v) is 3.28. The van der Waals surface area contributed by atoms with Crippen LogP contribution in [0.1, 0.15) is 45.4 Å². The molecule has 2 rings (SSSR count). The van der Waals surface area contributed by atoms with Gasteiger partial charge in [-0.2, -0.15) is 0 Å². The van der Waals surface area contributed by atoms with Gasteiger partial charge >= 0.3 is 0 Å². The highest BCUT2D eigenvalue weighted by Gasteiger charge is 2.36. The summed E-state index contributed by atoms with van der Waals surface area (Å²) in [6.07, 6.45) is 7.70. The zero-order valence-electron chi connectivity index (χ0n) is 10.3. The van der Waals surface area contributed by atoms with Crippen molar-refractivity contribution in [1.29, 1.82) is 0 Å². The van der Waals surface area contributed by atoms with E-state index >= 15 is 0 Å². The molecule has 0 aromatic rings. The lowest BCUT2D eigenvalue weighted by Gasteiger charge is -2.45. The van der Waals surface area contributed by atoms with Crippen molar-refractivity contribution < 1.29 is 4.79 Å². The molecule has 0 aromatic carbocycles. The van der Waals surface area contributed by atoms with Crippen molar-refractivity contribution in [3.63, 3.8) is 0 Å². The fraction of sp³-hybridized carbons (Fsp3) is 0.923. The van der Waals surface area contributed by atoms with E-state index in [2.05, 4.69) is 4.90 Å². The first-order chi connectivity index (χ1) is 7.74. The minimum Gasteiger partial charge on any atom is -0.339 e. The average molecular weight is 224 g/mol. The van der Waals surface area contributed by atoms with Crippen LogP contribution in [0.5, 0.6) is 0 Å². The van der Waals surface area contributed by atoms with E-state index in [0.29, 0.717) is 18.5 Å². The van der Waals surface area contributed by atoms with Crippen molar-refractivity contribution in [1.82, 2.24) is 4.90 Å². The molecule has 0 bridgehead atoms. The summed E-state index contributed by atoms with van der Waals surface area (Å²) in [4.78, 5) is 14.4. The van der Waals surface area contributed by atoms with E-state index in [0.717, 1.165) is 12.5 Å². The van der Waals surface area contributed by atoms with Gasteiger partial charge in [-0.15, -0.1) is 0 Å². The number of amides is 1. The van der Waals surface area contributed by atoms with Crippen LogP contribution in [-0.4, -0.2) is 29.9 Å². The van der Waals surface area contributed by atoms with Gasteiger partial charge in [0.2, 0.25) is 5.91 Å². The molecule has 1 aliphatic heterocycles. The Morgan fingerprint density at radius 1 is 1.31 bits per heavy atom. The summed E-state index contributed by atoms with van der Waals surface area (Å²) in [7, 11) is 0. The minimum absolute atomic E-state index is 0.000626. The maximum atomic E-state index is 12.2. The van der Waals surface area contributed by atoms with Crippen molar-refractivity contribution >= 4 is 5.91 Å². The van der Waals surface area contributed by atoms with E-state index in [-0.39, 0.29) is 5.92 Å². The number of rotatable bonds is 2. The van der Waals surface area contributed by atoms with Gasteiger partial charge in [-0.1, -0.05) is 19.8 Å². The zero-order chi connectivity index (χ0) is 11.5. The third kappa shape index (κ3) is 2.24. The lowest BCUT2D eigenvalue weighted by molar-refractivity contribution is -0.141. The number of hydrogen-bond acceptors (Lipinski definition) is 2. The topological polar surface area (TPSA) is 46.3 Å². The lowest BCUT2D eigenvalue weighted by atomic mass is 9.78. The number of fused-ring (bicyclic) bond motifs is 1. The van der Waals surface area contributed by atoms with Crippen molar-refractivity contribution in [2.45, 2.75) is 51.5 Å². The third-order valence-corrected chi connectivity index (χ3v) is 4.30. The number of carbonyl (C=O) groups is 1. The Hall–Kier alpha value is -0.570. The fourth-order valence-electron chi connectivity index (χ4n) is 3.28. The third-order valence-electron chi connectivity index (χ3n) is 4.30. The maximum Gasteiger partial charge on any atom is 0.226 e. The highest BCUT2D eigenvalue weighted by Crippen LogP contribution is 2.35. The summed E-state index contributed by atoms with van der Waals surface area (Å²) in [5, 5.41) is 0. The van der Waals surface area contributed by atoms with Gasteiger partial charge in [-0.25, -0.2) is 0 Å². The number of hydrogen-bond donors (Lipinski definition) is 1. The minimum atomic E-state index is 0.000626. The first-order valence-corrected chi connectivity index (χ1v) is 6.74. The summed E-state index contributed by atoms with van der Waals surface area (Å²) >= 11 is 0. The van der Waals surface area contributed by atoms with Gasteiger partial charge in [0, 0.05) is 25.0 Å². The van der Waals surface area contributed by atoms with Gasteiger partial charge in [-0.3, -0.25) is 4.79 Å². The molecule has 1 heterocycles. The van der Waals surface area contributed by atoms with Gasteiger partial charge in [0.15, 0.2) is 0 Å². The molecule has 3 unspecified atom stereocenters. The molecule has 2 aliphatic rings. The zero-order valence-corrected chi connectivity index (χ0v) is 10.3. The normalized spacial score (nSPS) is 32.0. The standard InChI is InChI=1S/C13H24N2O/c1-10(9-14)13(16)15-8-4-6-11-5-2-3-7-12(11)15/h10-12H,2-9,14H2,1H3. The molecular formula is C13H24N2O. The monoisotopic (exact) mass is 224 g/mol. The highest BCUT2D eigenvalue weighted by molar-refractivity contribution is 5.79. The highest BCUT2D eigenvalue weighted by atomic mass is 16.2. The van der Waals surface area contributed by atoms with Gasteiger partial charge in [-0.05, 0) is 31.6 Å². The van der Waals surface area contributed by atoms with Crippen molar-refractivity contribution in [2.24, 2.45) is 17.6 Å². The van der Waals surface area contributed by atoms with Crippen molar-refractivity contribution in [3.05, 3.63) is 0 Å². The van der Waals surface area contributed by atoms with Gasteiger partial charge in [0.25, 0.3) is 0 Å². The molecule has 0 aromatic heterocycles. The predicted octanol–water partition coefficient (Wildman–Crippen LogP) is 1.76. The van der Waals surface area contributed by atoms with Gasteiger partial charge in [0.1, 0.15) is 0 Å². The van der Waals surface area contributed by atoms with Gasteiger partial charge < -0.3 is 10.6 Å². The Balaban J connectivity index is 2.04. The molecule has 1 saturated carbocycles. The van der Waals surface area contributed by atoms with Crippen LogP contribution < -0.4 is 5.73 Å². The number of likely N-dealkylation sites (tertiary alicyclic amines) is 1. The van der Waals surface area contributed by atoms with E-state index in [1.54, 1.807) is 0 Å². The van der Waals surface area contributed by atoms with E-state index in [1.807, 2.05) is 6.92 Å². The largest absolute Gasteiger partial charge is 0.339 e. The second-order valence-electron chi connectivity index (χ2n) is 5.42. The quantitative estimate of drug-likeness (QED) is 0.777. The molecule has 2 fully saturated rings. The lowest BCUT2D eigenvalue weighted by Crippen LogP contribution is -2.52. The summed E-state index contributed by atoms with van der Waals surface area (Å²) in [6.45, 7) is 3.39. The Morgan fingerprint density at radius 2 is 2.00 bits per heavy atom. The second-order valence-corrected chi connectivity index (χ2v) is 5.42. The smallest absolute Gasteiger partial charge is 0.226 e. The molecule has 3 nitrogen and oxygen atoms in total. The first kappa shape index (κ1) is 11.9. The molecule has 0 spiro atoms. The number of nitrogens with two attached hydrogens (primary N) is 1. The van der Waals surface area contributed by atoms with Crippen LogP contribution in [0.3, 0.4) is 0 Å². The van der Waals surface area contributed by atoms with Crippen LogP contribution in [0.2, 0.25) is 0 Å². The van der Waals surface area contributed by atoms with Crippen molar-refractivity contribution in [3.8, 4) is 0 Å². The molecular weight excluding hydrogens is 200 g/mol. The molecule has 3 atom stereocenters. The van der Waals surface area contributed by atoms with Crippen LogP contribution in [0.15, 0.2) is 0 Å². The molecule has 92 valence electrons. The molecule has 3 heteroatoms. The molecule has 2 N–H and O–H groups in total. The van der Waals surface area contributed by atoms with E-state index in [1.165, 1.54) is 38.5 Å². The van der Waals surface area contributed by atoms with Crippen LogP contribution >= 0.6 is 0 Å². The van der Waals surface area contributed by atoms with Crippen LogP contribution in [0, 0.1) is 11.8 Å². The van der Waals surface area contributed by atoms with Crippen LogP contribution in [0.4, 0.5) is 0 Å². The Bertz CT molecular complexity index is 252. The van der Waals surface area contributed by atoms with E-state index in [9.17, 15) is 4.79 Å². The molecule has 16 heavy (non-hydrogen) atoms. The Labute approximate surface area is 98.4 Å². The van der Waals surface area contributed by atoms with Crippen molar-refractivity contribution in [2.75, 3.05) is 13.1 Å². The summed E-state index contributed by atoms with van der Waals surface area (Å²) in [6, 6.07) is 0.531. The average Bonchev–Trinajstić information content (AvgIpc) is 2.36. The number of nitrogens with zero attached hydrogens (tertiary/aromatic N) is 1. The Morgan fingerprint density at radius 3 is 2.75 bits per heavy atom. The van der Waals surface area contributed by atoms with Crippen LogP contribution in [-0.2, 0) is 4.79 Å². The summed E-state index contributed by atoms with van der Waals surface area (Å²) in [5.41, 5.74) is 5.60. The summed E-state index contributed by atoms with van der Waals surface area (Å²) < 4.78 is 0. The summed E-state index contributed by atoms with van der Waals surface area (Å²) in [5.74, 6) is 1.07. The van der Waals surface area contributed by atoms with E-state index in [4.69, 9.17) is 5.73 Å². The second kappa shape index (κ2) is 5.17. The molecule has 1 saturated heterocycles. The Kier molecular flexibility index (Phi) is 3.85. The SMILES string of the molecule is CC(CN)C(=O)N1CCCC2CCCCC21. The van der Waals surface area contributed by atoms with Crippen LogP contribution in [0.25, 0.3) is 0 Å². The number of carbonyl (C=O) groups excluding carboxylic acids is 1. The predicted molar refractivity (Wildman–Crippen MR) is 64.9 cm³/mol. The molecule has 1 amide bonds. The van der Waals surface area contributed by atoms with E-state index < -0.39 is 0 Å². The molecule has 0 radical (unpaired) electrons. The first-order valence-electron chi connectivity index (χ1n) is 6.74.